The van der Waals surface area contributed by atoms with E-state index in [0.29, 0.717) is 33.9 Å². The second-order valence-electron chi connectivity index (χ2n) is 7.33. The Morgan fingerprint density at radius 2 is 0.769 bits per heavy atom. The van der Waals surface area contributed by atoms with Crippen LogP contribution < -0.4 is 15.3 Å². The van der Waals surface area contributed by atoms with E-state index in [9.17, 15) is 10.2 Å². The van der Waals surface area contributed by atoms with E-state index < -0.39 is 17.9 Å². The monoisotopic (exact) mass is 572 g/mol. The number of aromatic hydroxyl groups is 2. The second kappa shape index (κ2) is 17.7. The van der Waals surface area contributed by atoms with Crippen LogP contribution in [0, 0.1) is 0 Å². The molecule has 0 atom stereocenters. The quantitative estimate of drug-likeness (QED) is 0.337. The number of aliphatic carboxylic acids is 3. The number of carboxylic acid groups (broad SMARTS) is 3. The molecule has 0 aliphatic heterocycles. The zero-order valence-corrected chi connectivity index (χ0v) is 22.4. The Morgan fingerprint density at radius 3 is 1.05 bits per heavy atom. The number of phenolic OH excluding ortho intramolecular Hbond substituents is 2. The van der Waals surface area contributed by atoms with Crippen molar-refractivity contribution in [3.05, 3.63) is 84.9 Å². The number of para-hydroxylation sites is 2. The van der Waals surface area contributed by atoms with E-state index in [0.717, 1.165) is 20.8 Å². The van der Waals surface area contributed by atoms with Gasteiger partial charge in [0, 0.05) is 29.0 Å². The maximum Gasteiger partial charge on any atom is 3.00 e. The van der Waals surface area contributed by atoms with Crippen molar-refractivity contribution >= 4 is 17.9 Å². The third-order valence-corrected chi connectivity index (χ3v) is 4.12. The minimum Gasteiger partial charge on any atom is -0.550 e. The summed E-state index contributed by atoms with van der Waals surface area (Å²) < 4.78 is 0. The van der Waals surface area contributed by atoms with Gasteiger partial charge in [-0.15, -0.1) is 0 Å². The summed E-state index contributed by atoms with van der Waals surface area (Å²) in [6.07, 6.45) is 0. The molecule has 39 heavy (non-hydrogen) atoms. The standard InChI is InChI=1S/C22H16N2O2.3C2H4O2.Mn/c25-21-13-3-1-7-15(21)17-9-5-11-19(23-17)20-12-6-10-18(24-20)16-8-2-4-14-22(16)26;3*1-2(3)4;/h1-14,25-26H;3*1H3,(H,3,4);/q;;;;+3/p-3. The van der Waals surface area contributed by atoms with Gasteiger partial charge in [-0.05, 0) is 69.3 Å². The number of phenols is 2. The molecular formula is C28H25MnN2O8. The number of hydrogen-bond acceptors (Lipinski definition) is 10. The van der Waals surface area contributed by atoms with Crippen molar-refractivity contribution in [2.75, 3.05) is 0 Å². The molecule has 2 aromatic heterocycles. The molecule has 0 unspecified atom stereocenters. The summed E-state index contributed by atoms with van der Waals surface area (Å²) in [5.74, 6) is -2.87. The van der Waals surface area contributed by atoms with Crippen LogP contribution in [-0.2, 0) is 31.5 Å². The van der Waals surface area contributed by atoms with Gasteiger partial charge in [0.25, 0.3) is 0 Å². The van der Waals surface area contributed by atoms with Crippen molar-refractivity contribution in [3.63, 3.8) is 0 Å². The van der Waals surface area contributed by atoms with Gasteiger partial charge in [-0.2, -0.15) is 0 Å². The van der Waals surface area contributed by atoms with Crippen LogP contribution in [0.4, 0.5) is 0 Å². The van der Waals surface area contributed by atoms with Gasteiger partial charge in [0.15, 0.2) is 0 Å². The summed E-state index contributed by atoms with van der Waals surface area (Å²) in [4.78, 5) is 36.0. The zero-order chi connectivity index (χ0) is 28.7. The molecule has 0 spiro atoms. The fourth-order valence-electron chi connectivity index (χ4n) is 2.84. The number of rotatable bonds is 3. The molecule has 4 rings (SSSR count). The third kappa shape index (κ3) is 13.4. The molecule has 0 saturated carbocycles. The number of benzene rings is 2. The maximum atomic E-state index is 10.1. The van der Waals surface area contributed by atoms with Gasteiger partial charge in [-0.3, -0.25) is 0 Å². The van der Waals surface area contributed by atoms with Gasteiger partial charge < -0.3 is 39.9 Å². The molecule has 0 radical (unpaired) electrons. The average molecular weight is 572 g/mol. The van der Waals surface area contributed by atoms with Crippen LogP contribution >= 0.6 is 0 Å². The molecule has 202 valence electrons. The number of nitrogens with zero attached hydrogens (tertiary/aromatic N) is 2. The first-order valence-electron chi connectivity index (χ1n) is 11.0. The first-order valence-corrected chi connectivity index (χ1v) is 11.0. The van der Waals surface area contributed by atoms with E-state index in [-0.39, 0.29) is 28.6 Å². The summed E-state index contributed by atoms with van der Waals surface area (Å²) in [5, 5.41) is 46.8. The molecule has 0 fully saturated rings. The predicted molar refractivity (Wildman–Crippen MR) is 134 cm³/mol. The largest absolute Gasteiger partial charge is 3.00 e. The Morgan fingerprint density at radius 1 is 0.513 bits per heavy atom. The van der Waals surface area contributed by atoms with E-state index in [1.165, 1.54) is 0 Å². The van der Waals surface area contributed by atoms with Crippen LogP contribution in [0.15, 0.2) is 84.9 Å². The SMILES string of the molecule is CC(=O)[O-].CC(=O)[O-].CC(=O)[O-].Oc1ccccc1-c1cccc(-c2cccc(-c3ccccc3O)n2)n1.[Mn+3]. The fourth-order valence-corrected chi connectivity index (χ4v) is 2.84. The predicted octanol–water partition coefficient (Wildman–Crippen LogP) is 1.15. The zero-order valence-electron chi connectivity index (χ0n) is 21.2. The van der Waals surface area contributed by atoms with Gasteiger partial charge in [-0.25, -0.2) is 9.97 Å². The van der Waals surface area contributed by atoms with Crippen LogP contribution in [-0.4, -0.2) is 38.1 Å². The molecular weight excluding hydrogens is 547 g/mol. The van der Waals surface area contributed by atoms with Crippen molar-refractivity contribution in [3.8, 4) is 45.4 Å². The van der Waals surface area contributed by atoms with Crippen LogP contribution in [0.5, 0.6) is 11.5 Å². The van der Waals surface area contributed by atoms with Gasteiger partial charge in [0.1, 0.15) is 11.5 Å². The van der Waals surface area contributed by atoms with Gasteiger partial charge in [-0.1, -0.05) is 36.4 Å². The van der Waals surface area contributed by atoms with Crippen LogP contribution in [0.25, 0.3) is 33.9 Å². The van der Waals surface area contributed by atoms with Crippen LogP contribution in [0.3, 0.4) is 0 Å². The second-order valence-corrected chi connectivity index (χ2v) is 7.33. The molecule has 2 N–H and O–H groups in total. The van der Waals surface area contributed by atoms with Crippen molar-refractivity contribution < 1.29 is 57.0 Å². The summed E-state index contributed by atoms with van der Waals surface area (Å²) in [6.45, 7) is 2.92. The molecule has 2 heterocycles. The van der Waals surface area contributed by atoms with Crippen LogP contribution in [0.1, 0.15) is 20.8 Å². The topological polar surface area (TPSA) is 187 Å². The summed E-state index contributed by atoms with van der Waals surface area (Å²) in [7, 11) is 0. The van der Waals surface area contributed by atoms with Crippen molar-refractivity contribution in [1.29, 1.82) is 0 Å². The first-order chi connectivity index (χ1) is 17.9. The maximum absolute atomic E-state index is 10.1. The Kier molecular flexibility index (Phi) is 15.5. The Labute approximate surface area is 235 Å². The van der Waals surface area contributed by atoms with Gasteiger partial charge in [0.2, 0.25) is 0 Å². The summed E-state index contributed by atoms with van der Waals surface area (Å²) in [6, 6.07) is 25.4. The molecule has 10 nitrogen and oxygen atoms in total. The fraction of sp³-hybridized carbons (Fsp3) is 0.107. The number of hydrogen-bond donors (Lipinski definition) is 2. The van der Waals surface area contributed by atoms with E-state index in [1.54, 1.807) is 24.3 Å². The molecule has 0 amide bonds. The van der Waals surface area contributed by atoms with E-state index >= 15 is 0 Å². The third-order valence-electron chi connectivity index (χ3n) is 4.12. The van der Waals surface area contributed by atoms with Crippen LogP contribution in [0.2, 0.25) is 0 Å². The smallest absolute Gasteiger partial charge is 0.550 e. The van der Waals surface area contributed by atoms with E-state index in [4.69, 9.17) is 29.7 Å². The number of carboxylic acids is 3. The molecule has 0 saturated heterocycles. The minimum atomic E-state index is -1.08. The number of carbonyl (C=O) groups excluding carboxylic acids is 3. The molecule has 2 aromatic carbocycles. The number of pyridine rings is 2. The molecule has 0 aliphatic rings. The number of aromatic nitrogens is 2. The molecule has 0 aliphatic carbocycles. The van der Waals surface area contributed by atoms with E-state index in [2.05, 4.69) is 9.97 Å². The summed E-state index contributed by atoms with van der Waals surface area (Å²) in [5.41, 5.74) is 4.09. The van der Waals surface area contributed by atoms with Crippen molar-refractivity contribution in [1.82, 2.24) is 9.97 Å². The Hall–Kier alpha value is -4.73. The first kappa shape index (κ1) is 34.3. The van der Waals surface area contributed by atoms with Gasteiger partial charge in [0.05, 0.1) is 22.8 Å². The molecule has 11 heteroatoms. The number of carbonyl (C=O) groups is 3. The van der Waals surface area contributed by atoms with Crippen molar-refractivity contribution in [2.45, 2.75) is 20.8 Å². The average Bonchev–Trinajstić information content (AvgIpc) is 2.84. The molecule has 0 bridgehead atoms. The summed E-state index contributed by atoms with van der Waals surface area (Å²) >= 11 is 0. The molecule has 4 aromatic rings. The van der Waals surface area contributed by atoms with E-state index in [1.807, 2.05) is 60.7 Å². The minimum absolute atomic E-state index is 0. The Bertz CT molecular complexity index is 1250. The Balaban J connectivity index is 0.000000945. The normalized spacial score (nSPS) is 9.00. The van der Waals surface area contributed by atoms with Crippen molar-refractivity contribution in [2.24, 2.45) is 0 Å². The van der Waals surface area contributed by atoms with Gasteiger partial charge >= 0.3 is 17.1 Å².